The van der Waals surface area contributed by atoms with E-state index in [1.165, 1.54) is 44.1 Å². The van der Waals surface area contributed by atoms with Gasteiger partial charge in [-0.15, -0.1) is 0 Å². The molecule has 70 valence electrons. The standard InChI is InChI=1S/C9H17NOS/c1-9(11)12-8-7-10-5-3-2-4-6-10/h2-8H2,1H3. The van der Waals surface area contributed by atoms with E-state index in [-0.39, 0.29) is 5.12 Å². The summed E-state index contributed by atoms with van der Waals surface area (Å²) >= 11 is 1.44. The van der Waals surface area contributed by atoms with Gasteiger partial charge in [-0.05, 0) is 25.9 Å². The number of carbonyl (C=O) groups is 1. The Bertz CT molecular complexity index is 143. The van der Waals surface area contributed by atoms with Crippen molar-refractivity contribution >= 4 is 16.9 Å². The molecule has 1 rings (SSSR count). The smallest absolute Gasteiger partial charge is 0.185 e. The number of thioether (sulfide) groups is 1. The number of hydrogen-bond donors (Lipinski definition) is 0. The van der Waals surface area contributed by atoms with Gasteiger partial charge in [0.25, 0.3) is 0 Å². The second-order valence-corrected chi connectivity index (χ2v) is 4.51. The molecule has 12 heavy (non-hydrogen) atoms. The minimum Gasteiger partial charge on any atom is -0.303 e. The van der Waals surface area contributed by atoms with Crippen molar-refractivity contribution in [3.63, 3.8) is 0 Å². The van der Waals surface area contributed by atoms with E-state index >= 15 is 0 Å². The Balaban J connectivity index is 2.01. The zero-order valence-electron chi connectivity index (χ0n) is 7.71. The molecule has 1 heterocycles. The Morgan fingerprint density at radius 2 is 2.00 bits per heavy atom. The van der Waals surface area contributed by atoms with E-state index in [4.69, 9.17) is 0 Å². The molecule has 0 N–H and O–H groups in total. The van der Waals surface area contributed by atoms with Gasteiger partial charge in [0.1, 0.15) is 0 Å². The van der Waals surface area contributed by atoms with Gasteiger partial charge in [0.15, 0.2) is 5.12 Å². The first kappa shape index (κ1) is 10.1. The Kier molecular flexibility index (Phi) is 4.69. The van der Waals surface area contributed by atoms with Crippen molar-refractivity contribution in [3.8, 4) is 0 Å². The third-order valence-electron chi connectivity index (χ3n) is 2.16. The van der Waals surface area contributed by atoms with Gasteiger partial charge in [0.05, 0.1) is 0 Å². The minimum absolute atomic E-state index is 0.243. The highest BCUT2D eigenvalue weighted by Gasteiger charge is 2.09. The summed E-state index contributed by atoms with van der Waals surface area (Å²) in [4.78, 5) is 13.1. The molecular weight excluding hydrogens is 170 g/mol. The van der Waals surface area contributed by atoms with Gasteiger partial charge in [-0.2, -0.15) is 0 Å². The monoisotopic (exact) mass is 187 g/mol. The van der Waals surface area contributed by atoms with Gasteiger partial charge >= 0.3 is 0 Å². The number of nitrogens with zero attached hydrogens (tertiary/aromatic N) is 1. The summed E-state index contributed by atoms with van der Waals surface area (Å²) in [6.45, 7) is 5.20. The number of hydrogen-bond acceptors (Lipinski definition) is 3. The summed E-state index contributed by atoms with van der Waals surface area (Å²) < 4.78 is 0. The van der Waals surface area contributed by atoms with Crippen LogP contribution in [0, 0.1) is 0 Å². The number of likely N-dealkylation sites (tertiary alicyclic amines) is 1. The molecule has 0 amide bonds. The Morgan fingerprint density at radius 3 is 2.58 bits per heavy atom. The topological polar surface area (TPSA) is 20.3 Å². The third kappa shape index (κ3) is 4.12. The largest absolute Gasteiger partial charge is 0.303 e. The first-order valence-corrected chi connectivity index (χ1v) is 5.63. The fraction of sp³-hybridized carbons (Fsp3) is 0.889. The maximum Gasteiger partial charge on any atom is 0.185 e. The zero-order chi connectivity index (χ0) is 8.81. The van der Waals surface area contributed by atoms with Crippen LogP contribution in [0.3, 0.4) is 0 Å². The fourth-order valence-corrected chi connectivity index (χ4v) is 2.14. The second-order valence-electron chi connectivity index (χ2n) is 3.24. The molecule has 3 heteroatoms. The first-order chi connectivity index (χ1) is 5.79. The Hall–Kier alpha value is -0.0200. The maximum atomic E-state index is 10.6. The summed E-state index contributed by atoms with van der Waals surface area (Å²) in [7, 11) is 0. The van der Waals surface area contributed by atoms with Crippen LogP contribution in [-0.4, -0.2) is 35.4 Å². The van der Waals surface area contributed by atoms with Crippen LogP contribution in [0.5, 0.6) is 0 Å². The number of rotatable bonds is 3. The van der Waals surface area contributed by atoms with Crippen molar-refractivity contribution in [2.45, 2.75) is 26.2 Å². The van der Waals surface area contributed by atoms with E-state index in [1.807, 2.05) is 0 Å². The van der Waals surface area contributed by atoms with Gasteiger partial charge in [-0.1, -0.05) is 18.2 Å². The molecule has 1 aliphatic heterocycles. The number of carbonyl (C=O) groups excluding carboxylic acids is 1. The highest BCUT2D eigenvalue weighted by atomic mass is 32.2. The average Bonchev–Trinajstić information content (AvgIpc) is 2.05. The van der Waals surface area contributed by atoms with Gasteiger partial charge in [0.2, 0.25) is 0 Å². The number of piperidine rings is 1. The molecule has 0 atom stereocenters. The summed E-state index contributed by atoms with van der Waals surface area (Å²) in [6.07, 6.45) is 4.06. The molecule has 2 nitrogen and oxygen atoms in total. The molecule has 0 radical (unpaired) electrons. The zero-order valence-corrected chi connectivity index (χ0v) is 8.53. The quantitative estimate of drug-likeness (QED) is 0.671. The van der Waals surface area contributed by atoms with E-state index in [9.17, 15) is 4.79 Å². The van der Waals surface area contributed by atoms with Crippen LogP contribution >= 0.6 is 11.8 Å². The summed E-state index contributed by atoms with van der Waals surface area (Å²) in [6, 6.07) is 0. The SMILES string of the molecule is CC(=O)SCCN1CCCCC1. The highest BCUT2D eigenvalue weighted by Crippen LogP contribution is 2.09. The molecular formula is C9H17NOS. The van der Waals surface area contributed by atoms with Crippen molar-refractivity contribution in [1.29, 1.82) is 0 Å². The van der Waals surface area contributed by atoms with Crippen LogP contribution in [0.25, 0.3) is 0 Å². The lowest BCUT2D eigenvalue weighted by Gasteiger charge is -2.25. The Morgan fingerprint density at radius 1 is 1.33 bits per heavy atom. The molecule has 0 bridgehead atoms. The Labute approximate surface area is 78.7 Å². The third-order valence-corrected chi connectivity index (χ3v) is 2.95. The van der Waals surface area contributed by atoms with E-state index in [0.717, 1.165) is 12.3 Å². The highest BCUT2D eigenvalue weighted by molar-refractivity contribution is 8.13. The lowest BCUT2D eigenvalue weighted by Crippen LogP contribution is -2.31. The lowest BCUT2D eigenvalue weighted by atomic mass is 10.1. The molecule has 0 unspecified atom stereocenters. The minimum atomic E-state index is 0.243. The van der Waals surface area contributed by atoms with Crippen LogP contribution in [0.4, 0.5) is 0 Å². The van der Waals surface area contributed by atoms with Crippen molar-refractivity contribution < 1.29 is 4.79 Å². The molecule has 1 saturated heterocycles. The van der Waals surface area contributed by atoms with E-state index < -0.39 is 0 Å². The molecule has 1 fully saturated rings. The van der Waals surface area contributed by atoms with Gasteiger partial charge in [0, 0.05) is 19.2 Å². The van der Waals surface area contributed by atoms with E-state index in [2.05, 4.69) is 4.90 Å². The first-order valence-electron chi connectivity index (χ1n) is 4.65. The van der Waals surface area contributed by atoms with E-state index in [1.54, 1.807) is 6.92 Å². The predicted molar refractivity (Wildman–Crippen MR) is 53.4 cm³/mol. The molecule has 0 spiro atoms. The molecule has 0 aromatic carbocycles. The molecule has 0 aliphatic carbocycles. The van der Waals surface area contributed by atoms with Crippen LogP contribution in [0.2, 0.25) is 0 Å². The molecule has 1 aliphatic rings. The predicted octanol–water partition coefficient (Wildman–Crippen LogP) is 1.75. The van der Waals surface area contributed by atoms with Crippen molar-refractivity contribution in [2.75, 3.05) is 25.4 Å². The van der Waals surface area contributed by atoms with Crippen molar-refractivity contribution in [3.05, 3.63) is 0 Å². The van der Waals surface area contributed by atoms with Crippen LogP contribution < -0.4 is 0 Å². The fourth-order valence-electron chi connectivity index (χ4n) is 1.50. The van der Waals surface area contributed by atoms with Gasteiger partial charge in [-0.25, -0.2) is 0 Å². The average molecular weight is 187 g/mol. The van der Waals surface area contributed by atoms with Gasteiger partial charge in [-0.3, -0.25) is 4.79 Å². The lowest BCUT2D eigenvalue weighted by molar-refractivity contribution is -0.109. The van der Waals surface area contributed by atoms with Crippen LogP contribution in [0.15, 0.2) is 0 Å². The van der Waals surface area contributed by atoms with Crippen molar-refractivity contribution in [1.82, 2.24) is 4.90 Å². The van der Waals surface area contributed by atoms with Crippen LogP contribution in [-0.2, 0) is 4.79 Å². The maximum absolute atomic E-state index is 10.6. The summed E-state index contributed by atoms with van der Waals surface area (Å²) in [5.74, 6) is 0.968. The van der Waals surface area contributed by atoms with Gasteiger partial charge < -0.3 is 4.90 Å². The molecule has 0 saturated carbocycles. The molecule has 0 aromatic heterocycles. The van der Waals surface area contributed by atoms with E-state index in [0.29, 0.717) is 0 Å². The summed E-state index contributed by atoms with van der Waals surface area (Å²) in [5.41, 5.74) is 0. The van der Waals surface area contributed by atoms with Crippen molar-refractivity contribution in [2.24, 2.45) is 0 Å². The van der Waals surface area contributed by atoms with Crippen LogP contribution in [0.1, 0.15) is 26.2 Å². The molecule has 0 aromatic rings. The normalized spacial score (nSPS) is 19.4. The summed E-state index contributed by atoms with van der Waals surface area (Å²) in [5, 5.41) is 0.243. The second kappa shape index (κ2) is 5.60.